The van der Waals surface area contributed by atoms with Crippen molar-refractivity contribution in [2.75, 3.05) is 12.4 Å². The minimum atomic E-state index is -3.85. The molecule has 1 heterocycles. The third-order valence-electron chi connectivity index (χ3n) is 3.46. The minimum Gasteiger partial charge on any atom is -0.358 e. The molecule has 2 N–H and O–H groups in total. The number of aryl methyl sites for hydroxylation is 1. The molecule has 8 heteroatoms. The van der Waals surface area contributed by atoms with Crippen LogP contribution in [0.15, 0.2) is 39.6 Å². The fourth-order valence-electron chi connectivity index (χ4n) is 2.43. The third kappa shape index (κ3) is 2.66. The summed E-state index contributed by atoms with van der Waals surface area (Å²) in [6, 6.07) is 7.68. The molecule has 0 spiro atoms. The molecule has 0 unspecified atom stereocenters. The maximum Gasteiger partial charge on any atom is 0.287 e. The number of hydrogen-bond donors (Lipinski definition) is 2. The first-order chi connectivity index (χ1) is 10.8. The Hall–Kier alpha value is -2.12. The Morgan fingerprint density at radius 2 is 2.00 bits per heavy atom. The summed E-state index contributed by atoms with van der Waals surface area (Å²) in [7, 11) is -2.30. The van der Waals surface area contributed by atoms with Crippen LogP contribution in [0.3, 0.4) is 0 Å². The van der Waals surface area contributed by atoms with Crippen LogP contribution in [-0.4, -0.2) is 21.4 Å². The van der Waals surface area contributed by atoms with Gasteiger partial charge in [-0.1, -0.05) is 23.7 Å². The van der Waals surface area contributed by atoms with Crippen LogP contribution in [0.4, 0.5) is 10.1 Å². The van der Waals surface area contributed by atoms with Crippen molar-refractivity contribution in [3.8, 4) is 11.1 Å². The highest BCUT2D eigenvalue weighted by atomic mass is 35.5. The van der Waals surface area contributed by atoms with Crippen molar-refractivity contribution in [1.29, 1.82) is 0 Å². The van der Waals surface area contributed by atoms with Gasteiger partial charge in [0.05, 0.1) is 10.7 Å². The van der Waals surface area contributed by atoms with Crippen molar-refractivity contribution >= 4 is 33.3 Å². The van der Waals surface area contributed by atoms with E-state index in [1.807, 2.05) is 0 Å². The van der Waals surface area contributed by atoms with E-state index in [2.05, 4.69) is 15.0 Å². The van der Waals surface area contributed by atoms with E-state index in [0.717, 1.165) is 0 Å². The van der Waals surface area contributed by atoms with E-state index in [0.29, 0.717) is 22.4 Å². The minimum absolute atomic E-state index is 0.0341. The standard InChI is InChI=1S/C15H13ClFN3O2S/c1-8-6-10(9-4-3-5-11(17)13(9)16)14-12(7-8)23(21,22)20-15(18-2)19-14/h3-7H,1-2H3,(H2,18,19,20). The topological polar surface area (TPSA) is 70.6 Å². The molecule has 120 valence electrons. The number of benzene rings is 2. The van der Waals surface area contributed by atoms with E-state index in [9.17, 15) is 12.8 Å². The molecule has 0 aromatic heterocycles. The molecule has 0 saturated carbocycles. The summed E-state index contributed by atoms with van der Waals surface area (Å²) < 4.78 is 42.1. The maximum absolute atomic E-state index is 13.8. The second-order valence-electron chi connectivity index (χ2n) is 5.08. The molecule has 5 nitrogen and oxygen atoms in total. The Balaban J connectivity index is 2.34. The van der Waals surface area contributed by atoms with E-state index in [1.165, 1.54) is 18.2 Å². The zero-order valence-electron chi connectivity index (χ0n) is 12.3. The summed E-state index contributed by atoms with van der Waals surface area (Å²) in [5.74, 6) is -0.476. The molecular weight excluding hydrogens is 341 g/mol. The van der Waals surface area contributed by atoms with Crippen LogP contribution in [0.25, 0.3) is 11.1 Å². The lowest BCUT2D eigenvalue weighted by Crippen LogP contribution is -2.32. The Labute approximate surface area is 138 Å². The van der Waals surface area contributed by atoms with Gasteiger partial charge in [-0.3, -0.25) is 0 Å². The molecule has 1 aliphatic heterocycles. The average molecular weight is 354 g/mol. The monoisotopic (exact) mass is 353 g/mol. The molecule has 1 aliphatic rings. The number of anilines is 1. The highest BCUT2D eigenvalue weighted by Gasteiger charge is 2.28. The van der Waals surface area contributed by atoms with Gasteiger partial charge in [-0.15, -0.1) is 4.40 Å². The van der Waals surface area contributed by atoms with Gasteiger partial charge in [-0.05, 0) is 30.7 Å². The van der Waals surface area contributed by atoms with E-state index in [-0.39, 0.29) is 15.9 Å². The van der Waals surface area contributed by atoms with Crippen molar-refractivity contribution in [2.45, 2.75) is 11.8 Å². The Kier molecular flexibility index (Phi) is 3.77. The summed E-state index contributed by atoms with van der Waals surface area (Å²) in [5.41, 5.74) is 1.93. The van der Waals surface area contributed by atoms with Crippen LogP contribution in [-0.2, 0) is 10.0 Å². The molecule has 2 aromatic rings. The Morgan fingerprint density at radius 3 is 2.70 bits per heavy atom. The van der Waals surface area contributed by atoms with E-state index >= 15 is 0 Å². The average Bonchev–Trinajstić information content (AvgIpc) is 2.49. The van der Waals surface area contributed by atoms with Gasteiger partial charge in [0, 0.05) is 18.2 Å². The number of nitrogens with zero attached hydrogens (tertiary/aromatic N) is 1. The predicted octanol–water partition coefficient (Wildman–Crippen LogP) is 3.14. The molecule has 0 saturated heterocycles. The first kappa shape index (κ1) is 15.8. The fourth-order valence-corrected chi connectivity index (χ4v) is 3.89. The summed E-state index contributed by atoms with van der Waals surface area (Å²) in [4.78, 5) is 0.0341. The van der Waals surface area contributed by atoms with E-state index < -0.39 is 15.8 Å². The van der Waals surface area contributed by atoms with E-state index in [1.54, 1.807) is 26.1 Å². The number of fused-ring (bicyclic) bond motifs is 1. The lowest BCUT2D eigenvalue weighted by atomic mass is 10.0. The lowest BCUT2D eigenvalue weighted by Gasteiger charge is -2.22. The lowest BCUT2D eigenvalue weighted by molar-refractivity contribution is 0.597. The van der Waals surface area contributed by atoms with Gasteiger partial charge in [0.15, 0.2) is 0 Å². The molecule has 0 atom stereocenters. The Bertz CT molecular complexity index is 942. The quantitative estimate of drug-likeness (QED) is 0.826. The summed E-state index contributed by atoms with van der Waals surface area (Å²) in [6.45, 7) is 1.75. The SMILES string of the molecule is CNC1=NS(=O)(=O)c2cc(C)cc(-c3cccc(F)c3Cl)c2N1. The molecule has 3 rings (SSSR count). The Morgan fingerprint density at radius 1 is 1.26 bits per heavy atom. The van der Waals surface area contributed by atoms with Gasteiger partial charge in [-0.25, -0.2) is 4.39 Å². The van der Waals surface area contributed by atoms with Gasteiger partial charge >= 0.3 is 0 Å². The van der Waals surface area contributed by atoms with Crippen LogP contribution in [0, 0.1) is 12.7 Å². The smallest absolute Gasteiger partial charge is 0.287 e. The van der Waals surface area contributed by atoms with Crippen molar-refractivity contribution in [1.82, 2.24) is 5.32 Å². The molecule has 2 aromatic carbocycles. The highest BCUT2D eigenvalue weighted by molar-refractivity contribution is 7.90. The zero-order valence-corrected chi connectivity index (χ0v) is 13.9. The molecule has 0 amide bonds. The van der Waals surface area contributed by atoms with Gasteiger partial charge < -0.3 is 10.6 Å². The van der Waals surface area contributed by atoms with Crippen LogP contribution in [0.1, 0.15) is 5.56 Å². The van der Waals surface area contributed by atoms with Crippen LogP contribution in [0.5, 0.6) is 0 Å². The predicted molar refractivity (Wildman–Crippen MR) is 88.9 cm³/mol. The van der Waals surface area contributed by atoms with Crippen LogP contribution >= 0.6 is 11.6 Å². The van der Waals surface area contributed by atoms with Crippen molar-refractivity contribution in [3.05, 3.63) is 46.7 Å². The number of rotatable bonds is 1. The van der Waals surface area contributed by atoms with Crippen molar-refractivity contribution in [3.63, 3.8) is 0 Å². The summed E-state index contributed by atoms with van der Waals surface area (Å²) >= 11 is 6.07. The molecule has 0 radical (unpaired) electrons. The largest absolute Gasteiger partial charge is 0.358 e. The molecule has 0 fully saturated rings. The van der Waals surface area contributed by atoms with Crippen molar-refractivity contribution < 1.29 is 12.8 Å². The van der Waals surface area contributed by atoms with Gasteiger partial charge in [0.25, 0.3) is 10.0 Å². The number of guanidine groups is 1. The fraction of sp³-hybridized carbons (Fsp3) is 0.133. The van der Waals surface area contributed by atoms with Crippen LogP contribution < -0.4 is 10.6 Å². The first-order valence-electron chi connectivity index (χ1n) is 6.72. The summed E-state index contributed by atoms with van der Waals surface area (Å²) in [5, 5.41) is 5.53. The number of hydrogen-bond acceptors (Lipinski definition) is 4. The third-order valence-corrected chi connectivity index (χ3v) is 5.14. The molecule has 0 aliphatic carbocycles. The molecular formula is C15H13ClFN3O2S. The normalized spacial score (nSPS) is 15.4. The molecule has 23 heavy (non-hydrogen) atoms. The van der Waals surface area contributed by atoms with Gasteiger partial charge in [0.2, 0.25) is 5.96 Å². The van der Waals surface area contributed by atoms with Crippen LogP contribution in [0.2, 0.25) is 5.02 Å². The number of sulfonamides is 1. The molecule has 0 bridgehead atoms. The van der Waals surface area contributed by atoms with Gasteiger partial charge in [-0.2, -0.15) is 8.42 Å². The second-order valence-corrected chi connectivity index (χ2v) is 7.03. The number of nitrogens with one attached hydrogen (secondary N) is 2. The zero-order chi connectivity index (χ0) is 16.8. The van der Waals surface area contributed by atoms with Gasteiger partial charge in [0.1, 0.15) is 10.7 Å². The first-order valence-corrected chi connectivity index (χ1v) is 8.54. The summed E-state index contributed by atoms with van der Waals surface area (Å²) in [6.07, 6.45) is 0. The second kappa shape index (κ2) is 5.50. The maximum atomic E-state index is 13.8. The number of halogens is 2. The van der Waals surface area contributed by atoms with Crippen molar-refractivity contribution in [2.24, 2.45) is 4.40 Å². The highest BCUT2D eigenvalue weighted by Crippen LogP contribution is 2.40. The van der Waals surface area contributed by atoms with E-state index in [4.69, 9.17) is 11.6 Å².